The molecule has 2 fully saturated rings. The molecule has 1 amide bonds. The Morgan fingerprint density at radius 3 is 2.88 bits per heavy atom. The van der Waals surface area contributed by atoms with Crippen molar-refractivity contribution < 1.29 is 15.0 Å². The molecule has 8 nitrogen and oxygen atoms in total. The fraction of sp³-hybridized carbons (Fsp3) is 0.417. The zero-order chi connectivity index (χ0) is 23.0. The molecule has 1 aliphatic heterocycles. The fourth-order valence-electron chi connectivity index (χ4n) is 4.60. The number of hydrogen-bond acceptors (Lipinski definition) is 8. The Labute approximate surface area is 196 Å². The summed E-state index contributed by atoms with van der Waals surface area (Å²) in [6.45, 7) is 0.533. The standard InChI is InChI=1S/C24H27N5O3S/c1-29-11-9-24(32,22(29)31)16-5-2-4-15(12-16)21-27-20(14-33-21)19-8-10-25-23(28-19)26-17-6-3-7-18(30)13-17/h2,4-5,8,10,12,14,17-18,30,32H,3,6-7,9,11,13H2,1H3,(H,25,26,28)/t17-,18+,24+/m0/s1. The van der Waals surface area contributed by atoms with E-state index in [0.717, 1.165) is 35.5 Å². The first-order valence-corrected chi connectivity index (χ1v) is 12.1. The molecule has 1 saturated heterocycles. The number of carbonyl (C=O) groups excluding carboxylic acids is 1. The molecule has 0 bridgehead atoms. The minimum atomic E-state index is -1.48. The number of anilines is 1. The molecule has 3 aromatic rings. The van der Waals surface area contributed by atoms with Crippen molar-refractivity contribution in [3.63, 3.8) is 0 Å². The number of hydrogen-bond donors (Lipinski definition) is 3. The number of aromatic nitrogens is 3. The number of rotatable bonds is 5. The van der Waals surface area contributed by atoms with Crippen LogP contribution in [0.3, 0.4) is 0 Å². The van der Waals surface area contributed by atoms with E-state index in [-0.39, 0.29) is 18.1 Å². The van der Waals surface area contributed by atoms with E-state index in [0.29, 0.717) is 36.6 Å². The van der Waals surface area contributed by atoms with Gasteiger partial charge in [0.05, 0.1) is 11.8 Å². The van der Waals surface area contributed by atoms with Crippen molar-refractivity contribution in [3.8, 4) is 22.0 Å². The van der Waals surface area contributed by atoms with Gasteiger partial charge in [0.2, 0.25) is 5.95 Å². The van der Waals surface area contributed by atoms with Crippen molar-refractivity contribution in [2.45, 2.75) is 49.9 Å². The lowest BCUT2D eigenvalue weighted by Crippen LogP contribution is -2.36. The molecule has 3 N–H and O–H groups in total. The van der Waals surface area contributed by atoms with Gasteiger partial charge in [-0.1, -0.05) is 18.2 Å². The van der Waals surface area contributed by atoms with Gasteiger partial charge in [-0.05, 0) is 43.4 Å². The maximum atomic E-state index is 12.5. The van der Waals surface area contributed by atoms with Crippen LogP contribution in [0.2, 0.25) is 0 Å². The summed E-state index contributed by atoms with van der Waals surface area (Å²) in [4.78, 5) is 27.8. The van der Waals surface area contributed by atoms with E-state index in [9.17, 15) is 15.0 Å². The van der Waals surface area contributed by atoms with Gasteiger partial charge in [0.25, 0.3) is 5.91 Å². The summed E-state index contributed by atoms with van der Waals surface area (Å²) >= 11 is 1.49. The molecule has 0 spiro atoms. The average Bonchev–Trinajstić information content (AvgIpc) is 3.42. The van der Waals surface area contributed by atoms with Crippen LogP contribution < -0.4 is 5.32 Å². The third-order valence-corrected chi connectivity index (χ3v) is 7.39. The molecule has 1 aromatic carbocycles. The molecule has 2 aromatic heterocycles. The Bertz CT molecular complexity index is 1170. The molecule has 1 aliphatic carbocycles. The highest BCUT2D eigenvalue weighted by Gasteiger charge is 2.45. The first kappa shape index (κ1) is 21.9. The highest BCUT2D eigenvalue weighted by atomic mass is 32.1. The van der Waals surface area contributed by atoms with Crippen molar-refractivity contribution in [1.29, 1.82) is 0 Å². The molecule has 9 heteroatoms. The van der Waals surface area contributed by atoms with Crippen LogP contribution in [-0.2, 0) is 10.4 Å². The van der Waals surface area contributed by atoms with E-state index < -0.39 is 5.60 Å². The van der Waals surface area contributed by atoms with Crippen LogP contribution in [0.25, 0.3) is 22.0 Å². The molecule has 33 heavy (non-hydrogen) atoms. The predicted octanol–water partition coefficient (Wildman–Crippen LogP) is 3.03. The molecular weight excluding hydrogens is 438 g/mol. The highest BCUT2D eigenvalue weighted by molar-refractivity contribution is 7.13. The third-order valence-electron chi connectivity index (χ3n) is 6.50. The number of likely N-dealkylation sites (N-methyl/N-ethyl adjacent to an activating group) is 1. The second kappa shape index (κ2) is 8.81. The van der Waals surface area contributed by atoms with Gasteiger partial charge in [-0.3, -0.25) is 4.79 Å². The predicted molar refractivity (Wildman–Crippen MR) is 127 cm³/mol. The minimum absolute atomic E-state index is 0.167. The molecule has 172 valence electrons. The van der Waals surface area contributed by atoms with Crippen LogP contribution in [0.1, 0.15) is 37.7 Å². The van der Waals surface area contributed by atoms with E-state index in [1.165, 1.54) is 11.3 Å². The molecule has 2 aliphatic rings. The summed E-state index contributed by atoms with van der Waals surface area (Å²) < 4.78 is 0. The summed E-state index contributed by atoms with van der Waals surface area (Å²) in [6, 6.07) is 9.41. The monoisotopic (exact) mass is 465 g/mol. The molecule has 5 rings (SSSR count). The largest absolute Gasteiger partial charge is 0.393 e. The SMILES string of the molecule is CN1CC[C@@](O)(c2cccc(-c3nc(-c4ccnc(N[C@H]5CCC[C@@H](O)C5)n4)cs3)c2)C1=O. The number of nitrogens with one attached hydrogen (secondary N) is 1. The quantitative estimate of drug-likeness (QED) is 0.531. The number of benzene rings is 1. The van der Waals surface area contributed by atoms with Crippen LogP contribution in [-0.4, -0.2) is 61.7 Å². The number of nitrogens with zero attached hydrogens (tertiary/aromatic N) is 4. The van der Waals surface area contributed by atoms with Gasteiger partial charge in [0.1, 0.15) is 10.7 Å². The highest BCUT2D eigenvalue weighted by Crippen LogP contribution is 2.36. The summed E-state index contributed by atoms with van der Waals surface area (Å²) in [6.07, 6.45) is 5.36. The third kappa shape index (κ3) is 4.36. The first-order valence-electron chi connectivity index (χ1n) is 11.2. The van der Waals surface area contributed by atoms with Crippen molar-refractivity contribution in [1.82, 2.24) is 19.9 Å². The lowest BCUT2D eigenvalue weighted by atomic mass is 9.91. The van der Waals surface area contributed by atoms with Crippen molar-refractivity contribution in [2.24, 2.45) is 0 Å². The number of carbonyl (C=O) groups is 1. The van der Waals surface area contributed by atoms with E-state index in [2.05, 4.69) is 15.3 Å². The Kier molecular flexibility index (Phi) is 5.86. The van der Waals surface area contributed by atoms with Gasteiger partial charge in [-0.25, -0.2) is 15.0 Å². The summed E-state index contributed by atoms with van der Waals surface area (Å²) in [7, 11) is 1.71. The van der Waals surface area contributed by atoms with Crippen LogP contribution in [0.4, 0.5) is 5.95 Å². The molecular formula is C24H27N5O3S. The normalized spacial score (nSPS) is 25.4. The molecule has 0 unspecified atom stereocenters. The number of aliphatic hydroxyl groups excluding tert-OH is 1. The van der Waals surface area contributed by atoms with Gasteiger partial charge < -0.3 is 20.4 Å². The summed E-state index contributed by atoms with van der Waals surface area (Å²) in [5.74, 6) is 0.264. The van der Waals surface area contributed by atoms with Gasteiger partial charge in [0.15, 0.2) is 5.60 Å². The topological polar surface area (TPSA) is 111 Å². The number of amides is 1. The van der Waals surface area contributed by atoms with Crippen LogP contribution in [0.5, 0.6) is 0 Å². The second-order valence-electron chi connectivity index (χ2n) is 8.88. The van der Waals surface area contributed by atoms with Gasteiger partial charge >= 0.3 is 0 Å². The van der Waals surface area contributed by atoms with E-state index in [4.69, 9.17) is 4.98 Å². The lowest BCUT2D eigenvalue weighted by Gasteiger charge is -2.26. The zero-order valence-electron chi connectivity index (χ0n) is 18.4. The Morgan fingerprint density at radius 2 is 2.09 bits per heavy atom. The van der Waals surface area contributed by atoms with Crippen molar-refractivity contribution in [2.75, 3.05) is 18.9 Å². The first-order chi connectivity index (χ1) is 15.9. The lowest BCUT2D eigenvalue weighted by molar-refractivity contribution is -0.143. The number of aliphatic hydroxyl groups is 2. The molecule has 0 radical (unpaired) electrons. The van der Waals surface area contributed by atoms with Gasteiger partial charge in [-0.15, -0.1) is 11.3 Å². The van der Waals surface area contributed by atoms with Crippen molar-refractivity contribution >= 4 is 23.2 Å². The Balaban J connectivity index is 1.36. The number of thiazole rings is 1. The Morgan fingerprint density at radius 1 is 1.21 bits per heavy atom. The molecule has 1 saturated carbocycles. The summed E-state index contributed by atoms with van der Waals surface area (Å²) in [5, 5.41) is 27.0. The van der Waals surface area contributed by atoms with Gasteiger partial charge in [-0.2, -0.15) is 0 Å². The smallest absolute Gasteiger partial charge is 0.258 e. The average molecular weight is 466 g/mol. The van der Waals surface area contributed by atoms with E-state index >= 15 is 0 Å². The van der Waals surface area contributed by atoms with E-state index in [1.807, 2.05) is 29.6 Å². The maximum absolute atomic E-state index is 12.5. The minimum Gasteiger partial charge on any atom is -0.393 e. The van der Waals surface area contributed by atoms with Crippen LogP contribution >= 0.6 is 11.3 Å². The molecule has 3 atom stereocenters. The maximum Gasteiger partial charge on any atom is 0.258 e. The molecule has 3 heterocycles. The van der Waals surface area contributed by atoms with E-state index in [1.54, 1.807) is 24.2 Å². The van der Waals surface area contributed by atoms with Crippen molar-refractivity contribution in [3.05, 3.63) is 47.5 Å². The van der Waals surface area contributed by atoms with Gasteiger partial charge in [0, 0.05) is 43.2 Å². The fourth-order valence-corrected chi connectivity index (χ4v) is 5.41. The van der Waals surface area contributed by atoms with Crippen LogP contribution in [0, 0.1) is 0 Å². The second-order valence-corrected chi connectivity index (χ2v) is 9.74. The number of likely N-dealkylation sites (tertiary alicyclic amines) is 1. The van der Waals surface area contributed by atoms with Crippen LogP contribution in [0.15, 0.2) is 41.9 Å². The zero-order valence-corrected chi connectivity index (χ0v) is 19.3. The Hall–Kier alpha value is -2.88. The summed E-state index contributed by atoms with van der Waals surface area (Å²) in [5.41, 5.74) is 1.42.